The summed E-state index contributed by atoms with van der Waals surface area (Å²) in [5.41, 5.74) is 0.128. The third kappa shape index (κ3) is 2.06. The lowest BCUT2D eigenvalue weighted by Gasteiger charge is -2.46. The van der Waals surface area contributed by atoms with Gasteiger partial charge in [0.15, 0.2) is 5.60 Å². The van der Waals surface area contributed by atoms with Crippen LogP contribution in [0.15, 0.2) is 24.8 Å². The second kappa shape index (κ2) is 4.56. The predicted molar refractivity (Wildman–Crippen MR) is 75.4 cm³/mol. The van der Waals surface area contributed by atoms with E-state index in [0.29, 0.717) is 24.8 Å². The molecule has 0 unspecified atom stereocenters. The van der Waals surface area contributed by atoms with Crippen LogP contribution >= 0.6 is 0 Å². The van der Waals surface area contributed by atoms with E-state index in [1.54, 1.807) is 12.5 Å². The van der Waals surface area contributed by atoms with Crippen molar-refractivity contribution >= 4 is 5.82 Å². The Morgan fingerprint density at radius 3 is 2.60 bits per heavy atom. The number of rotatable bonds is 3. The minimum absolute atomic E-state index is 0.367. The van der Waals surface area contributed by atoms with Crippen LogP contribution in [0.25, 0.3) is 0 Å². The summed E-state index contributed by atoms with van der Waals surface area (Å²) in [4.78, 5) is 14.8. The highest BCUT2D eigenvalue weighted by Gasteiger charge is 2.46. The molecule has 1 aliphatic heterocycles. The van der Waals surface area contributed by atoms with Crippen LogP contribution in [-0.4, -0.2) is 37.7 Å². The van der Waals surface area contributed by atoms with Gasteiger partial charge in [-0.25, -0.2) is 15.0 Å². The quantitative estimate of drug-likeness (QED) is 0.905. The lowest BCUT2D eigenvalue weighted by Crippen LogP contribution is -2.60. The molecule has 1 N–H and O–H groups in total. The largest absolute Gasteiger partial charge is 0.378 e. The average molecular weight is 273 g/mol. The molecular weight excluding hydrogens is 254 g/mol. The van der Waals surface area contributed by atoms with E-state index in [1.807, 2.05) is 28.8 Å². The van der Waals surface area contributed by atoms with Crippen molar-refractivity contribution in [3.8, 4) is 0 Å². The van der Waals surface area contributed by atoms with E-state index in [4.69, 9.17) is 0 Å². The van der Waals surface area contributed by atoms with Gasteiger partial charge in [0, 0.05) is 31.2 Å². The van der Waals surface area contributed by atoms with E-state index >= 15 is 0 Å². The summed E-state index contributed by atoms with van der Waals surface area (Å²) in [7, 11) is 1.89. The Hall–Kier alpha value is -1.95. The molecular formula is C14H19N5O. The lowest BCUT2D eigenvalue weighted by atomic mass is 9.93. The van der Waals surface area contributed by atoms with E-state index in [9.17, 15) is 5.11 Å². The normalized spacial score (nSPS) is 17.4. The Morgan fingerprint density at radius 1 is 1.25 bits per heavy atom. The molecule has 0 spiro atoms. The fourth-order valence-electron chi connectivity index (χ4n) is 2.55. The molecule has 2 aromatic rings. The molecule has 1 aliphatic rings. The highest BCUT2D eigenvalue weighted by Crippen LogP contribution is 2.33. The molecule has 0 bridgehead atoms. The highest BCUT2D eigenvalue weighted by atomic mass is 16.3. The Bertz CT molecular complexity index is 616. The number of aromatic nitrogens is 4. The van der Waals surface area contributed by atoms with Gasteiger partial charge in [-0.3, -0.25) is 0 Å². The van der Waals surface area contributed by atoms with E-state index in [1.165, 1.54) is 0 Å². The van der Waals surface area contributed by atoms with Gasteiger partial charge in [-0.1, -0.05) is 13.8 Å². The van der Waals surface area contributed by atoms with E-state index in [-0.39, 0.29) is 0 Å². The van der Waals surface area contributed by atoms with E-state index in [2.05, 4.69) is 28.8 Å². The maximum atomic E-state index is 10.6. The fraction of sp³-hybridized carbons (Fsp3) is 0.500. The Morgan fingerprint density at radius 2 is 2.00 bits per heavy atom. The molecule has 0 atom stereocenters. The van der Waals surface area contributed by atoms with Crippen LogP contribution in [0, 0.1) is 0 Å². The minimum Gasteiger partial charge on any atom is -0.378 e. The monoisotopic (exact) mass is 273 g/mol. The number of hydrogen-bond donors (Lipinski definition) is 1. The van der Waals surface area contributed by atoms with Gasteiger partial charge in [-0.15, -0.1) is 0 Å². The summed E-state index contributed by atoms with van der Waals surface area (Å²) in [6.45, 7) is 5.22. The molecule has 0 amide bonds. The van der Waals surface area contributed by atoms with Gasteiger partial charge >= 0.3 is 0 Å². The van der Waals surface area contributed by atoms with Gasteiger partial charge in [0.05, 0.1) is 13.1 Å². The second-order valence-corrected chi connectivity index (χ2v) is 5.71. The fourth-order valence-corrected chi connectivity index (χ4v) is 2.55. The van der Waals surface area contributed by atoms with Crippen LogP contribution in [0.4, 0.5) is 5.82 Å². The van der Waals surface area contributed by atoms with Gasteiger partial charge < -0.3 is 14.6 Å². The molecule has 0 aliphatic carbocycles. The first-order valence-corrected chi connectivity index (χ1v) is 6.77. The summed E-state index contributed by atoms with van der Waals surface area (Å²) >= 11 is 0. The highest BCUT2D eigenvalue weighted by molar-refractivity contribution is 5.45. The van der Waals surface area contributed by atoms with Gasteiger partial charge in [-0.05, 0) is 5.92 Å². The molecule has 0 aromatic carbocycles. The van der Waals surface area contributed by atoms with Gasteiger partial charge in [0.1, 0.15) is 18.0 Å². The van der Waals surface area contributed by atoms with E-state index < -0.39 is 5.60 Å². The molecule has 1 saturated heterocycles. The zero-order chi connectivity index (χ0) is 14.3. The van der Waals surface area contributed by atoms with Crippen molar-refractivity contribution in [1.29, 1.82) is 0 Å². The average Bonchev–Trinajstić information content (AvgIpc) is 2.82. The van der Waals surface area contributed by atoms with Crippen molar-refractivity contribution in [2.75, 3.05) is 18.0 Å². The summed E-state index contributed by atoms with van der Waals surface area (Å²) in [5, 5.41) is 10.6. The van der Waals surface area contributed by atoms with Crippen LogP contribution < -0.4 is 4.90 Å². The Kier molecular flexibility index (Phi) is 2.97. The molecule has 0 radical (unpaired) electrons. The molecule has 2 aromatic heterocycles. The van der Waals surface area contributed by atoms with Crippen molar-refractivity contribution < 1.29 is 5.11 Å². The number of aliphatic hydroxyl groups is 1. The number of anilines is 1. The number of nitrogens with zero attached hydrogens (tertiary/aromatic N) is 5. The first kappa shape index (κ1) is 13.1. The van der Waals surface area contributed by atoms with Crippen molar-refractivity contribution in [3.63, 3.8) is 0 Å². The van der Waals surface area contributed by atoms with Gasteiger partial charge in [0.25, 0.3) is 0 Å². The van der Waals surface area contributed by atoms with Crippen LogP contribution in [0.3, 0.4) is 0 Å². The molecule has 6 nitrogen and oxygen atoms in total. The number of β-amino-alcohol motifs (C(OH)–C–C–N with tert-alkyl or cyclic N) is 1. The predicted octanol–water partition coefficient (Wildman–Crippen LogP) is 1.04. The smallest absolute Gasteiger partial charge is 0.157 e. The minimum atomic E-state index is -0.888. The Balaban J connectivity index is 1.77. The molecule has 20 heavy (non-hydrogen) atoms. The van der Waals surface area contributed by atoms with Gasteiger partial charge in [-0.2, -0.15) is 0 Å². The second-order valence-electron chi connectivity index (χ2n) is 5.71. The zero-order valence-electron chi connectivity index (χ0n) is 12.0. The van der Waals surface area contributed by atoms with Crippen molar-refractivity contribution in [2.45, 2.75) is 25.4 Å². The standard InChI is InChI=1S/C14H19N5O/c1-10(2)11-6-12(17-9-16-11)19-7-14(20,8-19)13-15-4-5-18(13)3/h4-6,9-10,20H,7-8H2,1-3H3. The first-order valence-electron chi connectivity index (χ1n) is 6.77. The van der Waals surface area contributed by atoms with Crippen molar-refractivity contribution in [3.05, 3.63) is 36.3 Å². The summed E-state index contributed by atoms with van der Waals surface area (Å²) in [5.74, 6) is 1.93. The van der Waals surface area contributed by atoms with Crippen LogP contribution in [-0.2, 0) is 12.6 Å². The van der Waals surface area contributed by atoms with Crippen molar-refractivity contribution in [1.82, 2.24) is 19.5 Å². The lowest BCUT2D eigenvalue weighted by molar-refractivity contribution is -0.00386. The molecule has 1 fully saturated rings. The maximum Gasteiger partial charge on any atom is 0.157 e. The zero-order valence-corrected chi connectivity index (χ0v) is 12.0. The number of imidazole rings is 1. The summed E-state index contributed by atoms with van der Waals surface area (Å²) in [6, 6.07) is 1.99. The van der Waals surface area contributed by atoms with Crippen LogP contribution in [0.5, 0.6) is 0 Å². The molecule has 3 heterocycles. The van der Waals surface area contributed by atoms with Gasteiger partial charge in [0.2, 0.25) is 0 Å². The topological polar surface area (TPSA) is 67.1 Å². The Labute approximate surface area is 118 Å². The number of hydrogen-bond acceptors (Lipinski definition) is 5. The van der Waals surface area contributed by atoms with Crippen LogP contribution in [0.1, 0.15) is 31.3 Å². The maximum absolute atomic E-state index is 10.6. The van der Waals surface area contributed by atoms with E-state index in [0.717, 1.165) is 11.5 Å². The summed E-state index contributed by atoms with van der Waals surface area (Å²) < 4.78 is 1.86. The molecule has 0 saturated carbocycles. The molecule has 106 valence electrons. The number of aryl methyl sites for hydroxylation is 1. The SMILES string of the molecule is CC(C)c1cc(N2CC(O)(c3nccn3C)C2)ncn1. The first-order chi connectivity index (χ1) is 9.49. The molecule has 6 heteroatoms. The summed E-state index contributed by atoms with van der Waals surface area (Å²) in [6.07, 6.45) is 5.14. The molecule has 3 rings (SSSR count). The van der Waals surface area contributed by atoms with Crippen LogP contribution in [0.2, 0.25) is 0 Å². The third-order valence-electron chi connectivity index (χ3n) is 3.73. The van der Waals surface area contributed by atoms with Crippen molar-refractivity contribution in [2.24, 2.45) is 7.05 Å². The third-order valence-corrected chi connectivity index (χ3v) is 3.73.